The molecule has 0 spiro atoms. The number of benzene rings is 1. The third-order valence-electron chi connectivity index (χ3n) is 4.04. The zero-order valence-corrected chi connectivity index (χ0v) is 12.7. The molecular formula is C16H26N2O2. The van der Waals surface area contributed by atoms with E-state index < -0.39 is 0 Å². The Labute approximate surface area is 121 Å². The molecule has 0 radical (unpaired) electrons. The van der Waals surface area contributed by atoms with Gasteiger partial charge in [-0.1, -0.05) is 13.0 Å². The summed E-state index contributed by atoms with van der Waals surface area (Å²) in [4.78, 5) is 2.20. The predicted octanol–water partition coefficient (Wildman–Crippen LogP) is 2.68. The topological polar surface area (TPSA) is 44.7 Å². The van der Waals surface area contributed by atoms with Crippen molar-refractivity contribution in [2.45, 2.75) is 38.8 Å². The van der Waals surface area contributed by atoms with Gasteiger partial charge in [-0.05, 0) is 32.4 Å². The van der Waals surface area contributed by atoms with Crippen LogP contribution >= 0.6 is 0 Å². The van der Waals surface area contributed by atoms with Gasteiger partial charge in [-0.3, -0.25) is 0 Å². The summed E-state index contributed by atoms with van der Waals surface area (Å²) in [7, 11) is 2.06. The van der Waals surface area contributed by atoms with Crippen molar-refractivity contribution in [1.82, 2.24) is 5.32 Å². The minimum absolute atomic E-state index is 0.170. The van der Waals surface area contributed by atoms with E-state index in [-0.39, 0.29) is 6.04 Å². The summed E-state index contributed by atoms with van der Waals surface area (Å²) < 4.78 is 5.42. The lowest BCUT2D eigenvalue weighted by Gasteiger charge is -2.26. The van der Waals surface area contributed by atoms with Crippen molar-refractivity contribution >= 4 is 5.69 Å². The fraction of sp³-hybridized carbons (Fsp3) is 0.625. The molecule has 1 aliphatic heterocycles. The van der Waals surface area contributed by atoms with Gasteiger partial charge in [-0.25, -0.2) is 0 Å². The van der Waals surface area contributed by atoms with Crippen LogP contribution in [0.2, 0.25) is 0 Å². The molecule has 4 heteroatoms. The summed E-state index contributed by atoms with van der Waals surface area (Å²) >= 11 is 0. The van der Waals surface area contributed by atoms with Crippen LogP contribution in [-0.2, 0) is 4.74 Å². The van der Waals surface area contributed by atoms with Crippen molar-refractivity contribution in [2.24, 2.45) is 0 Å². The molecular weight excluding hydrogens is 252 g/mol. The Morgan fingerprint density at radius 1 is 1.50 bits per heavy atom. The molecule has 1 fully saturated rings. The van der Waals surface area contributed by atoms with E-state index in [1.807, 2.05) is 12.1 Å². The Balaban J connectivity index is 2.08. The maximum Gasteiger partial charge on any atom is 0.122 e. The quantitative estimate of drug-likeness (QED) is 0.840. The average Bonchev–Trinajstić information content (AvgIpc) is 2.98. The Hall–Kier alpha value is -1.26. The third kappa shape index (κ3) is 3.44. The molecule has 4 nitrogen and oxygen atoms in total. The van der Waals surface area contributed by atoms with E-state index in [4.69, 9.17) is 4.74 Å². The first-order valence-corrected chi connectivity index (χ1v) is 7.50. The van der Waals surface area contributed by atoms with E-state index >= 15 is 0 Å². The number of ether oxygens (including phenoxy) is 1. The number of nitrogens with one attached hydrogen (secondary N) is 1. The summed E-state index contributed by atoms with van der Waals surface area (Å²) in [5, 5.41) is 13.7. The van der Waals surface area contributed by atoms with Crippen LogP contribution in [0.25, 0.3) is 0 Å². The van der Waals surface area contributed by atoms with Crippen LogP contribution in [0, 0.1) is 0 Å². The van der Waals surface area contributed by atoms with Crippen molar-refractivity contribution in [3.63, 3.8) is 0 Å². The molecule has 1 aromatic carbocycles. The van der Waals surface area contributed by atoms with Crippen LogP contribution in [0.15, 0.2) is 18.2 Å². The van der Waals surface area contributed by atoms with Gasteiger partial charge in [-0.15, -0.1) is 0 Å². The first-order valence-electron chi connectivity index (χ1n) is 7.50. The zero-order chi connectivity index (χ0) is 14.5. The van der Waals surface area contributed by atoms with Gasteiger partial charge in [0.2, 0.25) is 0 Å². The van der Waals surface area contributed by atoms with Crippen LogP contribution in [0.5, 0.6) is 5.75 Å². The van der Waals surface area contributed by atoms with Gasteiger partial charge >= 0.3 is 0 Å². The number of likely N-dealkylation sites (N-methyl/N-ethyl adjacent to an activating group) is 1. The molecule has 0 saturated carbocycles. The second kappa shape index (κ2) is 6.95. The SMILES string of the molecule is CCCNC(C)c1ccc(N(C)C2CCOC2)cc1O. The highest BCUT2D eigenvalue weighted by Crippen LogP contribution is 2.30. The van der Waals surface area contributed by atoms with Crippen molar-refractivity contribution in [1.29, 1.82) is 0 Å². The largest absolute Gasteiger partial charge is 0.508 e. The van der Waals surface area contributed by atoms with E-state index in [0.717, 1.165) is 43.9 Å². The van der Waals surface area contributed by atoms with E-state index in [9.17, 15) is 5.11 Å². The molecule has 1 aliphatic rings. The van der Waals surface area contributed by atoms with Crippen molar-refractivity contribution < 1.29 is 9.84 Å². The summed E-state index contributed by atoms with van der Waals surface area (Å²) in [6.07, 6.45) is 2.14. The molecule has 0 aromatic heterocycles. The number of anilines is 1. The molecule has 0 amide bonds. The maximum atomic E-state index is 10.3. The van der Waals surface area contributed by atoms with Gasteiger partial charge in [0.05, 0.1) is 12.6 Å². The van der Waals surface area contributed by atoms with E-state index in [1.54, 1.807) is 0 Å². The molecule has 0 aliphatic carbocycles. The highest BCUT2D eigenvalue weighted by Gasteiger charge is 2.21. The summed E-state index contributed by atoms with van der Waals surface area (Å²) in [5.41, 5.74) is 2.00. The van der Waals surface area contributed by atoms with Gasteiger partial charge < -0.3 is 20.1 Å². The minimum atomic E-state index is 0.170. The lowest BCUT2D eigenvalue weighted by Crippen LogP contribution is -2.31. The summed E-state index contributed by atoms with van der Waals surface area (Å²) in [6, 6.07) is 6.54. The lowest BCUT2D eigenvalue weighted by atomic mass is 10.1. The minimum Gasteiger partial charge on any atom is -0.508 e. The van der Waals surface area contributed by atoms with E-state index in [2.05, 4.69) is 37.2 Å². The predicted molar refractivity (Wildman–Crippen MR) is 82.4 cm³/mol. The summed E-state index contributed by atoms with van der Waals surface area (Å²) in [6.45, 7) is 6.78. The molecule has 1 saturated heterocycles. The standard InChI is InChI=1S/C16H26N2O2/c1-4-8-17-12(2)15-6-5-13(10-16(15)19)18(3)14-7-9-20-11-14/h5-6,10,12,14,17,19H,4,7-9,11H2,1-3H3. The van der Waals surface area contributed by atoms with Gasteiger partial charge in [0, 0.05) is 37.0 Å². The zero-order valence-electron chi connectivity index (χ0n) is 12.7. The second-order valence-electron chi connectivity index (χ2n) is 5.55. The number of hydrogen-bond acceptors (Lipinski definition) is 4. The average molecular weight is 278 g/mol. The van der Waals surface area contributed by atoms with E-state index in [1.165, 1.54) is 0 Å². The Bertz CT molecular complexity index is 430. The van der Waals surface area contributed by atoms with E-state index in [0.29, 0.717) is 11.8 Å². The highest BCUT2D eigenvalue weighted by atomic mass is 16.5. The van der Waals surface area contributed by atoms with Crippen molar-refractivity contribution in [3.8, 4) is 5.75 Å². The smallest absolute Gasteiger partial charge is 0.122 e. The van der Waals surface area contributed by atoms with Crippen molar-refractivity contribution in [3.05, 3.63) is 23.8 Å². The number of rotatable bonds is 6. The number of phenolic OH excluding ortho intramolecular Hbond substituents is 1. The Kier molecular flexibility index (Phi) is 5.26. The molecule has 1 heterocycles. The number of hydrogen-bond donors (Lipinski definition) is 2. The fourth-order valence-corrected chi connectivity index (χ4v) is 2.63. The Morgan fingerprint density at radius 2 is 2.30 bits per heavy atom. The second-order valence-corrected chi connectivity index (χ2v) is 5.55. The first kappa shape index (κ1) is 15.1. The number of aromatic hydroxyl groups is 1. The van der Waals surface area contributed by atoms with Crippen molar-refractivity contribution in [2.75, 3.05) is 31.7 Å². The monoisotopic (exact) mass is 278 g/mol. The van der Waals surface area contributed by atoms with Crippen LogP contribution in [0.4, 0.5) is 5.69 Å². The highest BCUT2D eigenvalue weighted by molar-refractivity contribution is 5.54. The number of nitrogens with zero attached hydrogens (tertiary/aromatic N) is 1. The molecule has 20 heavy (non-hydrogen) atoms. The van der Waals surface area contributed by atoms with Gasteiger partial charge in [0.1, 0.15) is 5.75 Å². The Morgan fingerprint density at radius 3 is 2.90 bits per heavy atom. The fourth-order valence-electron chi connectivity index (χ4n) is 2.63. The molecule has 112 valence electrons. The van der Waals surface area contributed by atoms with Crippen LogP contribution < -0.4 is 10.2 Å². The summed E-state index contributed by atoms with van der Waals surface area (Å²) in [5.74, 6) is 0.365. The van der Waals surface area contributed by atoms with Crippen LogP contribution in [-0.4, -0.2) is 38.0 Å². The van der Waals surface area contributed by atoms with Crippen LogP contribution in [0.1, 0.15) is 38.3 Å². The van der Waals surface area contributed by atoms with Gasteiger partial charge in [0.15, 0.2) is 0 Å². The number of phenols is 1. The third-order valence-corrected chi connectivity index (χ3v) is 4.04. The van der Waals surface area contributed by atoms with Gasteiger partial charge in [-0.2, -0.15) is 0 Å². The molecule has 2 rings (SSSR count). The molecule has 2 atom stereocenters. The molecule has 0 bridgehead atoms. The molecule has 1 aromatic rings. The lowest BCUT2D eigenvalue weighted by molar-refractivity contribution is 0.193. The van der Waals surface area contributed by atoms with Gasteiger partial charge in [0.25, 0.3) is 0 Å². The van der Waals surface area contributed by atoms with Crippen LogP contribution in [0.3, 0.4) is 0 Å². The molecule has 2 N–H and O–H groups in total. The molecule has 2 unspecified atom stereocenters. The normalized spacial score (nSPS) is 20.1. The maximum absolute atomic E-state index is 10.3. The first-order chi connectivity index (χ1) is 9.63.